The Morgan fingerprint density at radius 1 is 1.03 bits per heavy atom. The number of anilines is 1. The molecule has 0 radical (unpaired) electrons. The maximum absolute atomic E-state index is 13.8. The van der Waals surface area contributed by atoms with Crippen molar-refractivity contribution < 1.29 is 28.2 Å². The SMILES string of the molecule is CN1CCN(Cc2ccc(NC(=O)c3c(O)[nH]c(CCc4ccccc4)c3O)cc2C(F)(F)F)CC1. The van der Waals surface area contributed by atoms with Crippen molar-refractivity contribution in [1.29, 1.82) is 0 Å². The number of hydrogen-bond acceptors (Lipinski definition) is 5. The van der Waals surface area contributed by atoms with Gasteiger partial charge in [0.15, 0.2) is 5.75 Å². The number of aromatic nitrogens is 1. The summed E-state index contributed by atoms with van der Waals surface area (Å²) in [6.45, 7) is 3.07. The highest BCUT2D eigenvalue weighted by Crippen LogP contribution is 2.36. The predicted octanol–water partition coefficient (Wildman–Crippen LogP) is 4.23. The van der Waals surface area contributed by atoms with Crippen molar-refractivity contribution in [2.75, 3.05) is 38.5 Å². The van der Waals surface area contributed by atoms with E-state index < -0.39 is 34.8 Å². The van der Waals surface area contributed by atoms with Gasteiger partial charge in [-0.25, -0.2) is 0 Å². The molecule has 1 amide bonds. The van der Waals surface area contributed by atoms with Gasteiger partial charge in [-0.05, 0) is 43.1 Å². The molecule has 192 valence electrons. The zero-order valence-corrected chi connectivity index (χ0v) is 19.9. The highest BCUT2D eigenvalue weighted by molar-refractivity contribution is 6.08. The molecule has 0 aliphatic carbocycles. The van der Waals surface area contributed by atoms with Gasteiger partial charge in [0, 0.05) is 38.4 Å². The number of benzene rings is 2. The summed E-state index contributed by atoms with van der Waals surface area (Å²) >= 11 is 0. The van der Waals surface area contributed by atoms with Crippen LogP contribution in [0.3, 0.4) is 0 Å². The highest BCUT2D eigenvalue weighted by atomic mass is 19.4. The maximum atomic E-state index is 13.8. The molecule has 2 aromatic carbocycles. The van der Waals surface area contributed by atoms with E-state index in [0.29, 0.717) is 25.9 Å². The van der Waals surface area contributed by atoms with Gasteiger partial charge in [-0.1, -0.05) is 36.4 Å². The van der Waals surface area contributed by atoms with Crippen LogP contribution in [0.25, 0.3) is 0 Å². The van der Waals surface area contributed by atoms with Crippen LogP contribution < -0.4 is 5.32 Å². The van der Waals surface area contributed by atoms with Crippen LogP contribution in [0.15, 0.2) is 48.5 Å². The number of piperazine rings is 1. The standard InChI is InChI=1S/C26H29F3N4O3/c1-32-11-13-33(14-12-32)16-18-8-9-19(15-20(18)26(27,28)29)30-24(35)22-23(34)21(31-25(22)36)10-7-17-5-3-2-4-6-17/h2-6,8-9,15,31,34,36H,7,10-14,16H2,1H3,(H,30,35). The monoisotopic (exact) mass is 502 g/mol. The second-order valence-electron chi connectivity index (χ2n) is 9.06. The summed E-state index contributed by atoms with van der Waals surface area (Å²) in [7, 11) is 1.97. The molecule has 10 heteroatoms. The summed E-state index contributed by atoms with van der Waals surface area (Å²) in [6, 6.07) is 13.1. The van der Waals surface area contributed by atoms with E-state index in [2.05, 4.69) is 15.2 Å². The van der Waals surface area contributed by atoms with E-state index in [1.54, 1.807) is 0 Å². The molecular formula is C26H29F3N4O3. The fraction of sp³-hybridized carbons (Fsp3) is 0.346. The molecule has 1 saturated heterocycles. The van der Waals surface area contributed by atoms with Crippen LogP contribution in [0.4, 0.5) is 18.9 Å². The van der Waals surface area contributed by atoms with Crippen LogP contribution in [0.5, 0.6) is 11.6 Å². The number of aromatic hydroxyl groups is 2. The number of nitrogens with one attached hydrogen (secondary N) is 2. The largest absolute Gasteiger partial charge is 0.505 e. The fourth-order valence-electron chi connectivity index (χ4n) is 4.33. The first kappa shape index (κ1) is 25.6. The van der Waals surface area contributed by atoms with Gasteiger partial charge in [-0.2, -0.15) is 13.2 Å². The number of nitrogens with zero attached hydrogens (tertiary/aromatic N) is 2. The second-order valence-corrected chi connectivity index (χ2v) is 9.06. The van der Waals surface area contributed by atoms with Crippen LogP contribution in [0, 0.1) is 0 Å². The number of likely N-dealkylation sites (N-methyl/N-ethyl adjacent to an activating group) is 1. The lowest BCUT2D eigenvalue weighted by Crippen LogP contribution is -2.44. The third kappa shape index (κ3) is 6.00. The van der Waals surface area contributed by atoms with Gasteiger partial charge in [0.1, 0.15) is 5.56 Å². The Morgan fingerprint density at radius 2 is 1.72 bits per heavy atom. The molecule has 0 spiro atoms. The van der Waals surface area contributed by atoms with E-state index in [9.17, 15) is 28.2 Å². The Labute approximate surface area is 207 Å². The van der Waals surface area contributed by atoms with Crippen molar-refractivity contribution >= 4 is 11.6 Å². The number of rotatable bonds is 7. The Kier molecular flexibility index (Phi) is 7.56. The minimum Gasteiger partial charge on any atom is -0.505 e. The zero-order valence-electron chi connectivity index (χ0n) is 19.9. The third-order valence-electron chi connectivity index (χ3n) is 6.43. The summed E-state index contributed by atoms with van der Waals surface area (Å²) in [5.41, 5.74) is 0.0765. The van der Waals surface area contributed by atoms with E-state index in [4.69, 9.17) is 0 Å². The first-order valence-corrected chi connectivity index (χ1v) is 11.7. The molecule has 0 saturated carbocycles. The minimum absolute atomic E-state index is 0.0831. The smallest absolute Gasteiger partial charge is 0.416 e. The van der Waals surface area contributed by atoms with Crippen LogP contribution in [0.1, 0.15) is 32.7 Å². The Morgan fingerprint density at radius 3 is 2.39 bits per heavy atom. The highest BCUT2D eigenvalue weighted by Gasteiger charge is 2.34. The number of aromatic amines is 1. The predicted molar refractivity (Wildman–Crippen MR) is 130 cm³/mol. The normalized spacial score (nSPS) is 15.2. The number of H-pyrrole nitrogens is 1. The average molecular weight is 503 g/mol. The van der Waals surface area contributed by atoms with Crippen LogP contribution in [-0.4, -0.2) is 64.1 Å². The summed E-state index contributed by atoms with van der Waals surface area (Å²) in [4.78, 5) is 19.5. The van der Waals surface area contributed by atoms with Crippen LogP contribution in [-0.2, 0) is 25.6 Å². The number of aryl methyl sites for hydroxylation is 2. The molecular weight excluding hydrogens is 473 g/mol. The molecule has 1 aromatic heterocycles. The molecule has 1 fully saturated rings. The van der Waals surface area contributed by atoms with E-state index in [1.807, 2.05) is 42.3 Å². The van der Waals surface area contributed by atoms with Crippen molar-refractivity contribution in [3.63, 3.8) is 0 Å². The van der Waals surface area contributed by atoms with Crippen molar-refractivity contribution in [3.8, 4) is 11.6 Å². The zero-order chi connectivity index (χ0) is 25.9. The maximum Gasteiger partial charge on any atom is 0.416 e. The van der Waals surface area contributed by atoms with Gasteiger partial charge in [0.25, 0.3) is 5.91 Å². The van der Waals surface area contributed by atoms with Gasteiger partial charge in [0.05, 0.1) is 11.3 Å². The Balaban J connectivity index is 1.49. The van der Waals surface area contributed by atoms with Crippen molar-refractivity contribution in [3.05, 3.63) is 76.5 Å². The summed E-state index contributed by atoms with van der Waals surface area (Å²) in [6.07, 6.45) is -3.72. The summed E-state index contributed by atoms with van der Waals surface area (Å²) in [5, 5.41) is 23.1. The third-order valence-corrected chi connectivity index (χ3v) is 6.43. The van der Waals surface area contributed by atoms with E-state index in [0.717, 1.165) is 24.7 Å². The summed E-state index contributed by atoms with van der Waals surface area (Å²) < 4.78 is 41.5. The lowest BCUT2D eigenvalue weighted by atomic mass is 10.0. The molecule has 4 N–H and O–H groups in total. The van der Waals surface area contributed by atoms with E-state index in [1.165, 1.54) is 12.1 Å². The fourth-order valence-corrected chi connectivity index (χ4v) is 4.33. The van der Waals surface area contributed by atoms with Crippen molar-refractivity contribution in [2.24, 2.45) is 0 Å². The van der Waals surface area contributed by atoms with Gasteiger partial charge < -0.3 is 25.4 Å². The van der Waals surface area contributed by atoms with Gasteiger partial charge in [-0.3, -0.25) is 9.69 Å². The number of halogens is 3. The Hall–Kier alpha value is -3.50. The summed E-state index contributed by atoms with van der Waals surface area (Å²) in [5.74, 6) is -1.88. The molecule has 2 heterocycles. The number of amides is 1. The molecule has 0 atom stereocenters. The first-order valence-electron chi connectivity index (χ1n) is 11.7. The van der Waals surface area contributed by atoms with Crippen molar-refractivity contribution in [1.82, 2.24) is 14.8 Å². The minimum atomic E-state index is -4.61. The molecule has 36 heavy (non-hydrogen) atoms. The quantitative estimate of drug-likeness (QED) is 0.388. The number of alkyl halides is 3. The Bertz CT molecular complexity index is 1200. The average Bonchev–Trinajstić information content (AvgIpc) is 3.13. The lowest BCUT2D eigenvalue weighted by molar-refractivity contribution is -0.138. The second kappa shape index (κ2) is 10.6. The van der Waals surface area contributed by atoms with Gasteiger partial charge in [0.2, 0.25) is 5.88 Å². The van der Waals surface area contributed by atoms with Crippen LogP contribution >= 0.6 is 0 Å². The molecule has 4 rings (SSSR count). The number of carbonyl (C=O) groups excluding carboxylic acids is 1. The molecule has 3 aromatic rings. The molecule has 7 nitrogen and oxygen atoms in total. The molecule has 1 aliphatic heterocycles. The molecule has 0 bridgehead atoms. The number of carbonyl (C=O) groups is 1. The van der Waals surface area contributed by atoms with Crippen molar-refractivity contribution in [2.45, 2.75) is 25.6 Å². The molecule has 1 aliphatic rings. The number of hydrogen-bond donors (Lipinski definition) is 4. The van der Waals surface area contributed by atoms with Crippen LogP contribution in [0.2, 0.25) is 0 Å². The van der Waals surface area contributed by atoms with Gasteiger partial charge >= 0.3 is 6.18 Å². The molecule has 0 unspecified atom stereocenters. The van der Waals surface area contributed by atoms with E-state index in [-0.39, 0.29) is 23.5 Å². The van der Waals surface area contributed by atoms with E-state index >= 15 is 0 Å². The van der Waals surface area contributed by atoms with Gasteiger partial charge in [-0.15, -0.1) is 0 Å². The lowest BCUT2D eigenvalue weighted by Gasteiger charge is -2.33. The topological polar surface area (TPSA) is 91.8 Å². The first-order chi connectivity index (χ1) is 17.1.